The van der Waals surface area contributed by atoms with Crippen LogP contribution >= 0.6 is 0 Å². The first-order valence-corrected chi connectivity index (χ1v) is 10.7. The first-order valence-electron chi connectivity index (χ1n) is 10.7. The van der Waals surface area contributed by atoms with Crippen molar-refractivity contribution in [3.63, 3.8) is 0 Å². The third kappa shape index (κ3) is 2.85. The molecule has 4 nitrogen and oxygen atoms in total. The number of H-pyrrole nitrogens is 1. The summed E-state index contributed by atoms with van der Waals surface area (Å²) in [4.78, 5) is 21.7. The van der Waals surface area contributed by atoms with Crippen molar-refractivity contribution in [2.45, 2.75) is 39.0 Å². The minimum absolute atomic E-state index is 0.314. The fraction of sp³-hybridized carbons (Fsp3) is 0.400. The molecule has 2 fully saturated rings. The predicted molar refractivity (Wildman–Crippen MR) is 119 cm³/mol. The lowest BCUT2D eigenvalue weighted by molar-refractivity contribution is -0.134. The van der Waals surface area contributed by atoms with Crippen molar-refractivity contribution < 1.29 is 4.79 Å². The molecule has 0 spiro atoms. The zero-order valence-electron chi connectivity index (χ0n) is 17.6. The average Bonchev–Trinajstić information content (AvgIpc) is 3.45. The van der Waals surface area contributed by atoms with Crippen LogP contribution in [-0.4, -0.2) is 42.0 Å². The molecule has 4 heteroatoms. The molecule has 1 saturated heterocycles. The van der Waals surface area contributed by atoms with Crippen molar-refractivity contribution in [1.82, 2.24) is 9.88 Å². The lowest BCUT2D eigenvalue weighted by Gasteiger charge is -2.38. The minimum Gasteiger partial charge on any atom is -0.368 e. The summed E-state index contributed by atoms with van der Waals surface area (Å²) in [5.74, 6) is 0.325. The summed E-state index contributed by atoms with van der Waals surface area (Å²) in [7, 11) is 0. The quantitative estimate of drug-likeness (QED) is 0.720. The standard InChI is InChI=1S/C25H29N3O/c1-17-7-6-10-22(18(17)2)27-13-15-28(16-14-27)24(29)25(11-12-25)23-19(3)26-21-9-5-4-8-20(21)23/h4-10,26H,11-16H2,1-3H3. The second-order valence-corrected chi connectivity index (χ2v) is 8.75. The molecule has 1 aliphatic heterocycles. The molecule has 2 heterocycles. The van der Waals surface area contributed by atoms with Gasteiger partial charge in [-0.25, -0.2) is 0 Å². The van der Waals surface area contributed by atoms with Gasteiger partial charge in [0.1, 0.15) is 0 Å². The molecule has 1 amide bonds. The van der Waals surface area contributed by atoms with Gasteiger partial charge in [0, 0.05) is 48.5 Å². The number of piperazine rings is 1. The number of fused-ring (bicyclic) bond motifs is 1. The zero-order valence-corrected chi connectivity index (χ0v) is 17.6. The number of anilines is 1. The van der Waals surface area contributed by atoms with E-state index < -0.39 is 0 Å². The van der Waals surface area contributed by atoms with Gasteiger partial charge in [-0.05, 0) is 62.4 Å². The number of rotatable bonds is 3. The van der Waals surface area contributed by atoms with Gasteiger partial charge in [-0.15, -0.1) is 0 Å². The smallest absolute Gasteiger partial charge is 0.233 e. The third-order valence-electron chi connectivity index (χ3n) is 7.02. The van der Waals surface area contributed by atoms with Crippen molar-refractivity contribution in [3.05, 3.63) is 64.8 Å². The zero-order chi connectivity index (χ0) is 20.2. The molecule has 1 saturated carbocycles. The Morgan fingerprint density at radius 2 is 1.66 bits per heavy atom. The molecule has 3 aromatic rings. The van der Waals surface area contributed by atoms with Crippen LogP contribution in [0.1, 0.15) is 35.2 Å². The molecule has 0 bridgehead atoms. The monoisotopic (exact) mass is 387 g/mol. The van der Waals surface area contributed by atoms with Gasteiger partial charge in [-0.2, -0.15) is 0 Å². The maximum absolute atomic E-state index is 13.6. The fourth-order valence-corrected chi connectivity index (χ4v) is 5.12. The van der Waals surface area contributed by atoms with Crippen LogP contribution in [0.3, 0.4) is 0 Å². The van der Waals surface area contributed by atoms with Gasteiger partial charge in [0.2, 0.25) is 5.91 Å². The van der Waals surface area contributed by atoms with Gasteiger partial charge >= 0.3 is 0 Å². The van der Waals surface area contributed by atoms with Gasteiger partial charge in [0.15, 0.2) is 0 Å². The number of nitrogens with one attached hydrogen (secondary N) is 1. The van der Waals surface area contributed by atoms with E-state index in [2.05, 4.69) is 78.0 Å². The molecular weight excluding hydrogens is 358 g/mol. The Kier molecular flexibility index (Phi) is 4.19. The second-order valence-electron chi connectivity index (χ2n) is 8.75. The van der Waals surface area contributed by atoms with Crippen LogP contribution in [0.2, 0.25) is 0 Å². The normalized spacial score (nSPS) is 18.3. The van der Waals surface area contributed by atoms with E-state index in [0.717, 1.165) is 50.2 Å². The molecular formula is C25H29N3O. The lowest BCUT2D eigenvalue weighted by atomic mass is 9.91. The second kappa shape index (κ2) is 6.65. The largest absolute Gasteiger partial charge is 0.368 e. The van der Waals surface area contributed by atoms with Gasteiger partial charge < -0.3 is 14.8 Å². The highest BCUT2D eigenvalue weighted by Gasteiger charge is 2.55. The molecule has 1 N–H and O–H groups in total. The number of hydrogen-bond donors (Lipinski definition) is 1. The topological polar surface area (TPSA) is 39.3 Å². The van der Waals surface area contributed by atoms with Crippen molar-refractivity contribution in [1.29, 1.82) is 0 Å². The number of aromatic nitrogens is 1. The maximum atomic E-state index is 13.6. The molecule has 0 unspecified atom stereocenters. The number of amides is 1. The average molecular weight is 388 g/mol. The molecule has 5 rings (SSSR count). The lowest BCUT2D eigenvalue weighted by Crippen LogP contribution is -2.51. The molecule has 150 valence electrons. The SMILES string of the molecule is Cc1cccc(N2CCN(C(=O)C3(c4c(C)[nH]c5ccccc45)CC3)CC2)c1C. The number of nitrogens with zero attached hydrogens (tertiary/aromatic N) is 2. The first kappa shape index (κ1) is 18.3. The summed E-state index contributed by atoms with van der Waals surface area (Å²) in [6.07, 6.45) is 1.93. The van der Waals surface area contributed by atoms with Crippen LogP contribution in [0.15, 0.2) is 42.5 Å². The van der Waals surface area contributed by atoms with Crippen LogP contribution < -0.4 is 4.90 Å². The van der Waals surface area contributed by atoms with E-state index in [1.165, 1.54) is 27.8 Å². The molecule has 2 aromatic carbocycles. The predicted octanol–water partition coefficient (Wildman–Crippen LogP) is 4.47. The third-order valence-corrected chi connectivity index (χ3v) is 7.02. The van der Waals surface area contributed by atoms with Gasteiger partial charge in [-0.3, -0.25) is 4.79 Å². The Morgan fingerprint density at radius 1 is 0.931 bits per heavy atom. The molecule has 29 heavy (non-hydrogen) atoms. The molecule has 0 radical (unpaired) electrons. The van der Waals surface area contributed by atoms with Crippen molar-refractivity contribution in [2.75, 3.05) is 31.1 Å². The van der Waals surface area contributed by atoms with Crippen LogP contribution in [0, 0.1) is 20.8 Å². The van der Waals surface area contributed by atoms with Gasteiger partial charge in [0.25, 0.3) is 0 Å². The number of carbonyl (C=O) groups excluding carboxylic acids is 1. The summed E-state index contributed by atoms with van der Waals surface area (Å²) in [5.41, 5.74) is 7.18. The number of aromatic amines is 1. The Morgan fingerprint density at radius 3 is 2.38 bits per heavy atom. The Bertz CT molecular complexity index is 1080. The highest BCUT2D eigenvalue weighted by atomic mass is 16.2. The van der Waals surface area contributed by atoms with Gasteiger partial charge in [0.05, 0.1) is 5.41 Å². The molecule has 0 atom stereocenters. The maximum Gasteiger partial charge on any atom is 0.233 e. The number of carbonyl (C=O) groups is 1. The van der Waals surface area contributed by atoms with E-state index in [4.69, 9.17) is 0 Å². The van der Waals surface area contributed by atoms with E-state index in [1.807, 2.05) is 0 Å². The summed E-state index contributed by atoms with van der Waals surface area (Å²) in [5, 5.41) is 1.21. The Labute approximate surface area is 172 Å². The molecule has 2 aliphatic rings. The van der Waals surface area contributed by atoms with Crippen molar-refractivity contribution in [2.24, 2.45) is 0 Å². The van der Waals surface area contributed by atoms with Crippen LogP contribution in [0.5, 0.6) is 0 Å². The van der Waals surface area contributed by atoms with Crippen LogP contribution in [0.25, 0.3) is 10.9 Å². The van der Waals surface area contributed by atoms with Crippen LogP contribution in [-0.2, 0) is 10.2 Å². The van der Waals surface area contributed by atoms with E-state index >= 15 is 0 Å². The first-order chi connectivity index (χ1) is 14.0. The van der Waals surface area contributed by atoms with E-state index in [1.54, 1.807) is 0 Å². The Balaban J connectivity index is 1.37. The van der Waals surface area contributed by atoms with E-state index in [9.17, 15) is 4.79 Å². The van der Waals surface area contributed by atoms with E-state index in [-0.39, 0.29) is 5.41 Å². The highest BCUT2D eigenvalue weighted by molar-refractivity contribution is 5.98. The van der Waals surface area contributed by atoms with Crippen molar-refractivity contribution in [3.8, 4) is 0 Å². The van der Waals surface area contributed by atoms with Crippen LogP contribution in [0.4, 0.5) is 5.69 Å². The summed E-state index contributed by atoms with van der Waals surface area (Å²) in [6.45, 7) is 9.88. The summed E-state index contributed by atoms with van der Waals surface area (Å²) in [6, 6.07) is 14.9. The Hall–Kier alpha value is -2.75. The number of hydrogen-bond acceptors (Lipinski definition) is 2. The fourth-order valence-electron chi connectivity index (χ4n) is 5.12. The molecule has 1 aromatic heterocycles. The van der Waals surface area contributed by atoms with E-state index in [0.29, 0.717) is 5.91 Å². The minimum atomic E-state index is -0.314. The number of aryl methyl sites for hydroxylation is 2. The molecule has 1 aliphatic carbocycles. The number of para-hydroxylation sites is 1. The summed E-state index contributed by atoms with van der Waals surface area (Å²) >= 11 is 0. The highest BCUT2D eigenvalue weighted by Crippen LogP contribution is 2.53. The van der Waals surface area contributed by atoms with Crippen molar-refractivity contribution >= 4 is 22.5 Å². The summed E-state index contributed by atoms with van der Waals surface area (Å²) < 4.78 is 0. The number of benzene rings is 2. The van der Waals surface area contributed by atoms with Gasteiger partial charge in [-0.1, -0.05) is 30.3 Å².